The number of aromatic nitrogens is 2. The van der Waals surface area contributed by atoms with Crippen LogP contribution in [0.5, 0.6) is 0 Å². The van der Waals surface area contributed by atoms with E-state index in [0.29, 0.717) is 35.9 Å². The first-order valence-electron chi connectivity index (χ1n) is 12.6. The first-order valence-corrected chi connectivity index (χ1v) is 12.6. The number of rotatable bonds is 8. The van der Waals surface area contributed by atoms with Crippen LogP contribution >= 0.6 is 0 Å². The number of carbonyl (C=O) groups is 2. The van der Waals surface area contributed by atoms with E-state index in [0.717, 1.165) is 47.3 Å². The van der Waals surface area contributed by atoms with Crippen molar-refractivity contribution in [1.82, 2.24) is 15.3 Å². The Labute approximate surface area is 214 Å². The number of carboxylic acids is 1. The second kappa shape index (κ2) is 10.9. The van der Waals surface area contributed by atoms with Gasteiger partial charge in [-0.15, -0.1) is 0 Å². The van der Waals surface area contributed by atoms with Gasteiger partial charge in [0.05, 0.1) is 28.5 Å². The van der Waals surface area contributed by atoms with Crippen molar-refractivity contribution in [1.29, 1.82) is 0 Å². The first kappa shape index (κ1) is 24.6. The highest BCUT2D eigenvalue weighted by Crippen LogP contribution is 2.31. The normalized spacial score (nSPS) is 14.8. The second-order valence-electron chi connectivity index (χ2n) is 9.45. The molecule has 0 bridgehead atoms. The molecule has 0 spiro atoms. The van der Waals surface area contributed by atoms with Crippen molar-refractivity contribution < 1.29 is 19.1 Å². The number of fused-ring (bicyclic) bond motifs is 2. The van der Waals surface area contributed by atoms with Crippen molar-refractivity contribution in [2.24, 2.45) is 0 Å². The highest BCUT2D eigenvalue weighted by Gasteiger charge is 2.23. The number of nitrogens with one attached hydrogen (secondary N) is 1. The van der Waals surface area contributed by atoms with Gasteiger partial charge in [-0.2, -0.15) is 0 Å². The SMILES string of the molecule is O=C(O)CCCCc1nc2cc(C(=O)NC3CCCc4cc(F)ccc43)ccc2nc1-c1ccccc1. The summed E-state index contributed by atoms with van der Waals surface area (Å²) in [5.41, 5.74) is 6.20. The van der Waals surface area contributed by atoms with Crippen LogP contribution in [0.3, 0.4) is 0 Å². The van der Waals surface area contributed by atoms with E-state index in [9.17, 15) is 14.0 Å². The van der Waals surface area contributed by atoms with Gasteiger partial charge in [-0.1, -0.05) is 36.4 Å². The van der Waals surface area contributed by atoms with E-state index in [1.54, 1.807) is 24.3 Å². The predicted octanol–water partition coefficient (Wildman–Crippen LogP) is 6.04. The number of benzene rings is 3. The quantitative estimate of drug-likeness (QED) is 0.290. The highest BCUT2D eigenvalue weighted by atomic mass is 19.1. The molecule has 4 aromatic rings. The van der Waals surface area contributed by atoms with E-state index >= 15 is 0 Å². The van der Waals surface area contributed by atoms with Crippen molar-refractivity contribution >= 4 is 22.9 Å². The smallest absolute Gasteiger partial charge is 0.303 e. The number of aryl methyl sites for hydroxylation is 2. The molecule has 3 aromatic carbocycles. The average Bonchev–Trinajstić information content (AvgIpc) is 2.90. The highest BCUT2D eigenvalue weighted by molar-refractivity contribution is 5.97. The largest absolute Gasteiger partial charge is 0.481 e. The molecule has 1 amide bonds. The van der Waals surface area contributed by atoms with Crippen molar-refractivity contribution in [3.8, 4) is 11.3 Å². The molecule has 1 atom stereocenters. The molecule has 1 aromatic heterocycles. The minimum absolute atomic E-state index is 0.114. The fourth-order valence-electron chi connectivity index (χ4n) is 4.98. The summed E-state index contributed by atoms with van der Waals surface area (Å²) < 4.78 is 13.7. The Kier molecular flexibility index (Phi) is 7.21. The topological polar surface area (TPSA) is 92.2 Å². The van der Waals surface area contributed by atoms with Crippen LogP contribution in [0.2, 0.25) is 0 Å². The Morgan fingerprint density at radius 3 is 2.62 bits per heavy atom. The molecule has 0 aliphatic heterocycles. The standard InChI is InChI=1S/C30H28FN3O3/c31-22-14-15-23-20(17-22)9-6-11-24(23)34-30(37)21-13-16-25-27(18-21)32-26(10-4-5-12-28(35)36)29(33-25)19-7-2-1-3-8-19/h1-3,7-8,13-18,24H,4-6,9-12H2,(H,34,37)(H,35,36). The summed E-state index contributed by atoms with van der Waals surface area (Å²) in [7, 11) is 0. The minimum atomic E-state index is -0.811. The van der Waals surface area contributed by atoms with E-state index < -0.39 is 5.97 Å². The Bertz CT molecular complexity index is 1460. The van der Waals surface area contributed by atoms with Crippen molar-refractivity contribution in [3.63, 3.8) is 0 Å². The van der Waals surface area contributed by atoms with Crippen LogP contribution in [0, 0.1) is 5.82 Å². The number of hydrogen-bond acceptors (Lipinski definition) is 4. The van der Waals surface area contributed by atoms with Crippen LogP contribution < -0.4 is 5.32 Å². The van der Waals surface area contributed by atoms with Crippen LogP contribution in [0.15, 0.2) is 66.7 Å². The van der Waals surface area contributed by atoms with Gasteiger partial charge in [0.25, 0.3) is 5.91 Å². The van der Waals surface area contributed by atoms with Gasteiger partial charge in [0.15, 0.2) is 0 Å². The second-order valence-corrected chi connectivity index (χ2v) is 9.45. The molecule has 1 aliphatic rings. The maximum Gasteiger partial charge on any atom is 0.303 e. The molecule has 188 valence electrons. The predicted molar refractivity (Wildman–Crippen MR) is 140 cm³/mol. The zero-order valence-corrected chi connectivity index (χ0v) is 20.4. The van der Waals surface area contributed by atoms with Crippen LogP contribution in [0.4, 0.5) is 4.39 Å². The summed E-state index contributed by atoms with van der Waals surface area (Å²) in [5, 5.41) is 12.1. The van der Waals surface area contributed by atoms with Gasteiger partial charge in [-0.25, -0.2) is 14.4 Å². The van der Waals surface area contributed by atoms with Crippen molar-refractivity contribution in [3.05, 3.63) is 94.9 Å². The van der Waals surface area contributed by atoms with Gasteiger partial charge in [0, 0.05) is 17.5 Å². The number of carbonyl (C=O) groups excluding carboxylic acids is 1. The van der Waals surface area contributed by atoms with Crippen LogP contribution in [-0.4, -0.2) is 27.0 Å². The number of nitrogens with zero attached hydrogens (tertiary/aromatic N) is 2. The lowest BCUT2D eigenvalue weighted by atomic mass is 9.87. The molecular formula is C30H28FN3O3. The number of unbranched alkanes of at least 4 members (excludes halogenated alkanes) is 1. The van der Waals surface area contributed by atoms with E-state index in [2.05, 4.69) is 5.32 Å². The summed E-state index contributed by atoms with van der Waals surface area (Å²) in [6.45, 7) is 0. The lowest BCUT2D eigenvalue weighted by Crippen LogP contribution is -2.31. The summed E-state index contributed by atoms with van der Waals surface area (Å²) in [6.07, 6.45) is 4.43. The van der Waals surface area contributed by atoms with Gasteiger partial charge in [-0.05, 0) is 80.0 Å². The van der Waals surface area contributed by atoms with E-state index in [-0.39, 0.29) is 24.2 Å². The fraction of sp³-hybridized carbons (Fsp3) is 0.267. The lowest BCUT2D eigenvalue weighted by Gasteiger charge is -2.26. The van der Waals surface area contributed by atoms with Crippen LogP contribution in [0.25, 0.3) is 22.3 Å². The van der Waals surface area contributed by atoms with Gasteiger partial charge in [0.1, 0.15) is 5.82 Å². The summed E-state index contributed by atoms with van der Waals surface area (Å²) in [5.74, 6) is -1.28. The van der Waals surface area contributed by atoms with Crippen molar-refractivity contribution in [2.45, 2.75) is 51.0 Å². The molecule has 1 aliphatic carbocycles. The molecule has 6 nitrogen and oxygen atoms in total. The molecule has 7 heteroatoms. The molecule has 0 saturated carbocycles. The zero-order chi connectivity index (χ0) is 25.8. The Balaban J connectivity index is 1.42. The molecule has 0 saturated heterocycles. The molecule has 1 unspecified atom stereocenters. The number of hydrogen-bond donors (Lipinski definition) is 2. The van der Waals surface area contributed by atoms with Gasteiger partial charge >= 0.3 is 5.97 Å². The molecule has 1 heterocycles. The van der Waals surface area contributed by atoms with E-state index in [1.807, 2.05) is 36.4 Å². The first-order chi connectivity index (χ1) is 18.0. The van der Waals surface area contributed by atoms with Crippen LogP contribution in [0.1, 0.15) is 65.3 Å². The lowest BCUT2D eigenvalue weighted by molar-refractivity contribution is -0.137. The zero-order valence-electron chi connectivity index (χ0n) is 20.4. The molecule has 5 rings (SSSR count). The molecule has 0 fully saturated rings. The van der Waals surface area contributed by atoms with E-state index in [1.165, 1.54) is 6.07 Å². The third-order valence-corrected chi connectivity index (χ3v) is 6.82. The molecule has 0 radical (unpaired) electrons. The number of amides is 1. The Morgan fingerprint density at radius 2 is 1.81 bits per heavy atom. The van der Waals surface area contributed by atoms with Gasteiger partial charge < -0.3 is 10.4 Å². The summed E-state index contributed by atoms with van der Waals surface area (Å²) in [6, 6.07) is 19.7. The number of carboxylic acid groups (broad SMARTS) is 1. The maximum absolute atomic E-state index is 13.7. The summed E-state index contributed by atoms with van der Waals surface area (Å²) >= 11 is 0. The fourth-order valence-corrected chi connectivity index (χ4v) is 4.98. The third kappa shape index (κ3) is 5.66. The average molecular weight is 498 g/mol. The number of aliphatic carboxylic acids is 1. The monoisotopic (exact) mass is 497 g/mol. The van der Waals surface area contributed by atoms with Crippen LogP contribution in [-0.2, 0) is 17.6 Å². The molecule has 2 N–H and O–H groups in total. The molecular weight excluding hydrogens is 469 g/mol. The molecule has 37 heavy (non-hydrogen) atoms. The number of halogens is 1. The van der Waals surface area contributed by atoms with Crippen molar-refractivity contribution in [2.75, 3.05) is 0 Å². The van der Waals surface area contributed by atoms with E-state index in [4.69, 9.17) is 15.1 Å². The Hall–Kier alpha value is -4.13. The van der Waals surface area contributed by atoms with Gasteiger partial charge in [-0.3, -0.25) is 9.59 Å². The minimum Gasteiger partial charge on any atom is -0.481 e. The maximum atomic E-state index is 13.7. The summed E-state index contributed by atoms with van der Waals surface area (Å²) in [4.78, 5) is 33.9. The Morgan fingerprint density at radius 1 is 0.973 bits per heavy atom. The van der Waals surface area contributed by atoms with Gasteiger partial charge in [0.2, 0.25) is 0 Å². The third-order valence-electron chi connectivity index (χ3n) is 6.82.